The molecule has 1 rings (SSSR count). The summed E-state index contributed by atoms with van der Waals surface area (Å²) in [6.07, 6.45) is 5.84. The van der Waals surface area contributed by atoms with Gasteiger partial charge < -0.3 is 9.47 Å². The molecule has 0 unspecified atom stereocenters. The average Bonchev–Trinajstić information content (AvgIpc) is 2.35. The van der Waals surface area contributed by atoms with E-state index in [1.165, 1.54) is 5.56 Å². The lowest BCUT2D eigenvalue weighted by atomic mass is 10.1. The van der Waals surface area contributed by atoms with Crippen LogP contribution in [0.15, 0.2) is 24.5 Å². The SMILES string of the molecule is CCOC(=O)CCOCCCc1ccncc1. The van der Waals surface area contributed by atoms with E-state index < -0.39 is 0 Å². The van der Waals surface area contributed by atoms with Crippen LogP contribution in [0.5, 0.6) is 0 Å². The maximum atomic E-state index is 11.0. The van der Waals surface area contributed by atoms with Gasteiger partial charge in [-0.1, -0.05) is 0 Å². The summed E-state index contributed by atoms with van der Waals surface area (Å²) in [5.74, 6) is -0.193. The molecule has 0 aliphatic carbocycles. The van der Waals surface area contributed by atoms with Crippen molar-refractivity contribution < 1.29 is 14.3 Å². The Morgan fingerprint density at radius 1 is 1.29 bits per heavy atom. The van der Waals surface area contributed by atoms with Gasteiger partial charge in [0.2, 0.25) is 0 Å². The number of aromatic nitrogens is 1. The molecule has 0 saturated carbocycles. The lowest BCUT2D eigenvalue weighted by Gasteiger charge is -2.04. The van der Waals surface area contributed by atoms with Crippen molar-refractivity contribution in [2.45, 2.75) is 26.2 Å². The number of nitrogens with zero attached hydrogens (tertiary/aromatic N) is 1. The smallest absolute Gasteiger partial charge is 0.308 e. The number of carbonyl (C=O) groups is 1. The van der Waals surface area contributed by atoms with E-state index in [-0.39, 0.29) is 5.97 Å². The Balaban J connectivity index is 1.96. The van der Waals surface area contributed by atoms with Crippen LogP contribution in [0.4, 0.5) is 0 Å². The van der Waals surface area contributed by atoms with E-state index in [0.29, 0.717) is 26.2 Å². The molecule has 0 atom stereocenters. The van der Waals surface area contributed by atoms with Crippen LogP contribution < -0.4 is 0 Å². The summed E-state index contributed by atoms with van der Waals surface area (Å²) in [6.45, 7) is 3.34. The van der Waals surface area contributed by atoms with Crippen molar-refractivity contribution in [2.75, 3.05) is 19.8 Å². The number of rotatable bonds is 8. The number of pyridine rings is 1. The Morgan fingerprint density at radius 2 is 2.06 bits per heavy atom. The molecule has 0 spiro atoms. The number of aryl methyl sites for hydroxylation is 1. The fourth-order valence-electron chi connectivity index (χ4n) is 1.42. The second-order valence-corrected chi connectivity index (χ2v) is 3.63. The summed E-state index contributed by atoms with van der Waals surface area (Å²) < 4.78 is 10.1. The van der Waals surface area contributed by atoms with Gasteiger partial charge in [0.15, 0.2) is 0 Å². The first-order valence-corrected chi connectivity index (χ1v) is 5.95. The Kier molecular flexibility index (Phi) is 6.98. The van der Waals surface area contributed by atoms with E-state index in [0.717, 1.165) is 12.8 Å². The van der Waals surface area contributed by atoms with Crippen molar-refractivity contribution in [3.05, 3.63) is 30.1 Å². The Labute approximate surface area is 102 Å². The lowest BCUT2D eigenvalue weighted by molar-refractivity contribution is -0.144. The molecule has 17 heavy (non-hydrogen) atoms. The average molecular weight is 237 g/mol. The Morgan fingerprint density at radius 3 is 2.76 bits per heavy atom. The molecule has 0 saturated heterocycles. The molecule has 1 aromatic heterocycles. The zero-order chi connectivity index (χ0) is 12.3. The van der Waals surface area contributed by atoms with Gasteiger partial charge in [-0.15, -0.1) is 0 Å². The van der Waals surface area contributed by atoms with Crippen LogP contribution in [0.25, 0.3) is 0 Å². The van der Waals surface area contributed by atoms with Crippen molar-refractivity contribution in [3.63, 3.8) is 0 Å². The third-order valence-corrected chi connectivity index (χ3v) is 2.26. The number of hydrogen-bond donors (Lipinski definition) is 0. The maximum absolute atomic E-state index is 11.0. The highest BCUT2D eigenvalue weighted by Gasteiger charge is 2.00. The van der Waals surface area contributed by atoms with Crippen LogP contribution in [0.3, 0.4) is 0 Å². The van der Waals surface area contributed by atoms with E-state index in [1.54, 1.807) is 19.3 Å². The lowest BCUT2D eigenvalue weighted by Crippen LogP contribution is -2.08. The Bertz CT molecular complexity index is 314. The molecule has 94 valence electrons. The molecule has 0 aliphatic heterocycles. The second-order valence-electron chi connectivity index (χ2n) is 3.63. The van der Waals surface area contributed by atoms with Crippen LogP contribution in [-0.4, -0.2) is 30.8 Å². The molecule has 4 nitrogen and oxygen atoms in total. The highest BCUT2D eigenvalue weighted by Crippen LogP contribution is 2.01. The van der Waals surface area contributed by atoms with Gasteiger partial charge in [0.25, 0.3) is 0 Å². The molecule has 0 fully saturated rings. The van der Waals surface area contributed by atoms with E-state index in [2.05, 4.69) is 4.98 Å². The van der Waals surface area contributed by atoms with Gasteiger partial charge in [-0.2, -0.15) is 0 Å². The number of ether oxygens (including phenoxy) is 2. The third-order valence-electron chi connectivity index (χ3n) is 2.26. The molecule has 0 aliphatic rings. The minimum Gasteiger partial charge on any atom is -0.466 e. The first-order chi connectivity index (χ1) is 8.33. The van der Waals surface area contributed by atoms with Crippen LogP contribution >= 0.6 is 0 Å². The normalized spacial score (nSPS) is 10.2. The third kappa shape index (κ3) is 6.68. The molecule has 0 radical (unpaired) electrons. The fraction of sp³-hybridized carbons (Fsp3) is 0.538. The molecule has 0 N–H and O–H groups in total. The first kappa shape index (κ1) is 13.6. The molecule has 0 amide bonds. The second kappa shape index (κ2) is 8.70. The maximum Gasteiger partial charge on any atom is 0.308 e. The van der Waals surface area contributed by atoms with Gasteiger partial charge in [0.05, 0.1) is 19.6 Å². The first-order valence-electron chi connectivity index (χ1n) is 5.95. The predicted octanol–water partition coefficient (Wildman–Crippen LogP) is 1.98. The van der Waals surface area contributed by atoms with E-state index >= 15 is 0 Å². The largest absolute Gasteiger partial charge is 0.466 e. The molecule has 1 heterocycles. The minimum absolute atomic E-state index is 0.193. The van der Waals surface area contributed by atoms with Gasteiger partial charge in [-0.25, -0.2) is 0 Å². The molecule has 4 heteroatoms. The fourth-order valence-corrected chi connectivity index (χ4v) is 1.42. The van der Waals surface area contributed by atoms with E-state index in [9.17, 15) is 4.79 Å². The quantitative estimate of drug-likeness (QED) is 0.512. The number of hydrogen-bond acceptors (Lipinski definition) is 4. The Hall–Kier alpha value is -1.42. The van der Waals surface area contributed by atoms with Crippen molar-refractivity contribution in [1.82, 2.24) is 4.98 Å². The van der Waals surface area contributed by atoms with Crippen molar-refractivity contribution in [1.29, 1.82) is 0 Å². The molecular formula is C13H19NO3. The molecule has 0 bridgehead atoms. The van der Waals surface area contributed by atoms with Gasteiger partial charge in [0, 0.05) is 19.0 Å². The summed E-state index contributed by atoms with van der Waals surface area (Å²) in [6, 6.07) is 4.00. The van der Waals surface area contributed by atoms with Crippen molar-refractivity contribution >= 4 is 5.97 Å². The van der Waals surface area contributed by atoms with Crippen molar-refractivity contribution in [3.8, 4) is 0 Å². The van der Waals surface area contributed by atoms with Gasteiger partial charge in [-0.05, 0) is 37.5 Å². The molecule has 0 aromatic carbocycles. The van der Waals surface area contributed by atoms with Gasteiger partial charge in [-0.3, -0.25) is 9.78 Å². The van der Waals surface area contributed by atoms with Crippen molar-refractivity contribution in [2.24, 2.45) is 0 Å². The van der Waals surface area contributed by atoms with Crippen LogP contribution in [0, 0.1) is 0 Å². The van der Waals surface area contributed by atoms with E-state index in [4.69, 9.17) is 9.47 Å². The zero-order valence-corrected chi connectivity index (χ0v) is 10.2. The zero-order valence-electron chi connectivity index (χ0n) is 10.2. The summed E-state index contributed by atoms with van der Waals surface area (Å²) in [5.41, 5.74) is 1.26. The molecule has 1 aromatic rings. The predicted molar refractivity (Wildman–Crippen MR) is 64.6 cm³/mol. The number of esters is 1. The highest BCUT2D eigenvalue weighted by molar-refractivity contribution is 5.69. The van der Waals surface area contributed by atoms with Crippen LogP contribution in [0.1, 0.15) is 25.3 Å². The minimum atomic E-state index is -0.193. The van der Waals surface area contributed by atoms with Gasteiger partial charge in [0.1, 0.15) is 0 Å². The standard InChI is InChI=1S/C13H19NO3/c1-2-17-13(15)7-11-16-10-3-4-12-5-8-14-9-6-12/h5-6,8-9H,2-4,7,10-11H2,1H3. The summed E-state index contributed by atoms with van der Waals surface area (Å²) in [7, 11) is 0. The van der Waals surface area contributed by atoms with Gasteiger partial charge >= 0.3 is 5.97 Å². The monoisotopic (exact) mass is 237 g/mol. The number of carbonyl (C=O) groups excluding carboxylic acids is 1. The molecular weight excluding hydrogens is 218 g/mol. The van der Waals surface area contributed by atoms with Crippen LogP contribution in [-0.2, 0) is 20.7 Å². The summed E-state index contributed by atoms with van der Waals surface area (Å²) in [4.78, 5) is 14.9. The topological polar surface area (TPSA) is 48.4 Å². The highest BCUT2D eigenvalue weighted by atomic mass is 16.5. The van der Waals surface area contributed by atoms with E-state index in [1.807, 2.05) is 12.1 Å². The summed E-state index contributed by atoms with van der Waals surface area (Å²) >= 11 is 0. The van der Waals surface area contributed by atoms with Crippen LogP contribution in [0.2, 0.25) is 0 Å². The summed E-state index contributed by atoms with van der Waals surface area (Å²) in [5, 5.41) is 0.